The molecule has 554 valence electrons. The predicted molar refractivity (Wildman–Crippen MR) is 379 cm³/mol. The normalized spacial score (nSPS) is 18.0. The van der Waals surface area contributed by atoms with Crippen molar-refractivity contribution in [2.45, 2.75) is 144 Å². The van der Waals surface area contributed by atoms with E-state index in [1.54, 1.807) is 19.9 Å². The summed E-state index contributed by atoms with van der Waals surface area (Å²) in [5.74, 6) is 0. The smallest absolute Gasteiger partial charge is 0.398 e. The Bertz CT molecular complexity index is 1810. The van der Waals surface area contributed by atoms with Gasteiger partial charge in [0.05, 0.1) is 0 Å². The minimum absolute atomic E-state index is 0.0786. The summed E-state index contributed by atoms with van der Waals surface area (Å²) in [6, 6.07) is 1.92. The van der Waals surface area contributed by atoms with E-state index in [-0.39, 0.29) is 12.2 Å². The highest BCUT2D eigenvalue weighted by atomic mass is 28.6. The standard InChI is InChI=1S/C16H46O12Si7.C9H28O4Si4.C7H18O8Si3.C6H14O2Si.C4H14O7Si2/c1-16(2)22-35(23-29(8)9,24-30(10)11)25-31(12,13)14-15-32(17-3)26-33(18-4,19-5)28-34(20-6,21-7)27-32;1-9(2)10-17(11-14(3)4,12-15(5)6)13-16(7)8;1-7-16(8-2)13-17(9-3,10-4)15-18(11-5,12-6)14-16;1-5-9(6-2,7-3)8-4;1-7-12(5,8-2)11-13(6,9-3)10-4/h16,29-30H,14-15H2,1-13H3;9,14-16H,1-8H3;7H,1H2,2-6H3;5H,1,6H2,2-4H3;5-6H,1-4H3. The summed E-state index contributed by atoms with van der Waals surface area (Å²) in [5, 5.41) is 0. The van der Waals surface area contributed by atoms with E-state index in [1.165, 1.54) is 105 Å². The summed E-state index contributed by atoms with van der Waals surface area (Å²) in [6.45, 7) is 42.6. The molecule has 0 radical (unpaired) electrons. The molecule has 0 aliphatic carbocycles. The third kappa shape index (κ3) is 34.2. The van der Waals surface area contributed by atoms with Gasteiger partial charge in [0.15, 0.2) is 53.5 Å². The molecule has 2 fully saturated rings. The van der Waals surface area contributed by atoms with E-state index >= 15 is 0 Å². The first-order chi connectivity index (χ1) is 42.4. The van der Waals surface area contributed by atoms with Crippen LogP contribution in [0, 0.1) is 0 Å². The zero-order valence-corrected chi connectivity index (χ0v) is 79.1. The molecule has 0 spiro atoms. The molecular formula is C42H120O33Si17. The van der Waals surface area contributed by atoms with E-state index in [1.807, 2.05) is 34.6 Å². The molecule has 33 nitrogen and oxygen atoms in total. The molecule has 2 N–H and O–H groups in total. The summed E-state index contributed by atoms with van der Waals surface area (Å²) in [5.41, 5.74) is 3.24. The van der Waals surface area contributed by atoms with Crippen LogP contribution in [0.1, 0.15) is 34.6 Å². The molecule has 0 atom stereocenters. The maximum atomic E-state index is 9.41. The third-order valence-electron chi connectivity index (χ3n) is 11.3. The first-order valence-corrected chi connectivity index (χ1v) is 65.3. The Kier molecular flexibility index (Phi) is 48.7. The van der Waals surface area contributed by atoms with Crippen molar-refractivity contribution < 1.29 is 143 Å². The first-order valence-electron chi connectivity index (χ1n) is 29.3. The third-order valence-corrected chi connectivity index (χ3v) is 59.6. The van der Waals surface area contributed by atoms with Crippen LogP contribution >= 0.6 is 0 Å². The van der Waals surface area contributed by atoms with Gasteiger partial charge >= 0.3 is 98.6 Å². The van der Waals surface area contributed by atoms with Crippen molar-refractivity contribution >= 4 is 152 Å². The van der Waals surface area contributed by atoms with Gasteiger partial charge in [-0.3, -0.25) is 0 Å². The van der Waals surface area contributed by atoms with Gasteiger partial charge in [-0.25, -0.2) is 0 Å². The van der Waals surface area contributed by atoms with Crippen LogP contribution < -0.4 is 0 Å². The fourth-order valence-electron chi connectivity index (χ4n) is 7.06. The van der Waals surface area contributed by atoms with E-state index in [0.29, 0.717) is 12.1 Å². The Morgan fingerprint density at radius 1 is 0.413 bits per heavy atom. The van der Waals surface area contributed by atoms with E-state index in [2.05, 4.69) is 109 Å². The zero-order valence-electron chi connectivity index (χ0n) is 61.3. The second-order valence-electron chi connectivity index (χ2n) is 21.4. The molecule has 92 heavy (non-hydrogen) atoms. The zero-order chi connectivity index (χ0) is 72.5. The molecule has 0 aromatic rings. The Morgan fingerprint density at radius 3 is 0.913 bits per heavy atom. The van der Waals surface area contributed by atoms with E-state index in [9.17, 15) is 9.59 Å². The number of hydrogen-bond donors (Lipinski definition) is 2. The highest BCUT2D eigenvalue weighted by molar-refractivity contribution is 6.88. The molecule has 0 aromatic carbocycles. The fourth-order valence-corrected chi connectivity index (χ4v) is 57.0. The van der Waals surface area contributed by atoms with Crippen molar-refractivity contribution in [3.05, 3.63) is 24.6 Å². The van der Waals surface area contributed by atoms with Crippen LogP contribution in [0.3, 0.4) is 0 Å². The van der Waals surface area contributed by atoms with Crippen LogP contribution in [0.15, 0.2) is 24.6 Å². The van der Waals surface area contributed by atoms with Crippen molar-refractivity contribution in [2.24, 2.45) is 0 Å². The van der Waals surface area contributed by atoms with Crippen LogP contribution in [-0.2, 0) is 133 Å². The molecule has 0 amide bonds. The quantitative estimate of drug-likeness (QED) is 0.0825. The largest absolute Gasteiger partial charge is 0.670 e. The number of hydrogen-bond acceptors (Lipinski definition) is 33. The fraction of sp³-hybridized carbons (Fsp3) is 0.905. The summed E-state index contributed by atoms with van der Waals surface area (Å²) >= 11 is 0. The van der Waals surface area contributed by atoms with E-state index in [0.717, 1.165) is 6.04 Å². The maximum Gasteiger partial charge on any atom is 0.670 e. The molecule has 50 heteroatoms. The Balaban J connectivity index is -0.00000117. The van der Waals surface area contributed by atoms with Crippen LogP contribution in [0.2, 0.25) is 96.7 Å². The van der Waals surface area contributed by atoms with Crippen molar-refractivity contribution in [3.63, 3.8) is 0 Å². The molecule has 0 aromatic heterocycles. The Labute approximate surface area is 573 Å². The molecular weight excluding hydrogens is 1510 g/mol. The van der Waals surface area contributed by atoms with Crippen molar-refractivity contribution in [2.75, 3.05) is 114 Å². The van der Waals surface area contributed by atoms with Gasteiger partial charge in [-0.15, -0.1) is 6.58 Å². The molecule has 2 aliphatic heterocycles. The van der Waals surface area contributed by atoms with E-state index < -0.39 is 152 Å². The summed E-state index contributed by atoms with van der Waals surface area (Å²) in [7, 11) is -23.3. The molecule has 0 unspecified atom stereocenters. The SMILES string of the molecule is C=C[Si](CC)(OC)OC.C=C[Si]1(OC)O[Si](OC)(OC)O[Si](OC)(OC)O1.CC(C)O[Si](O[SiH](C)C)(O[SiH](C)C)O[SiH](C)C.CO[Si](O)(OC)O[Si](O)(OC)OC.CO[Si]1(CC[Si](C)(C)O[Si](OC(C)C)(O[SiH](C)C)O[SiH](C)C)O[Si](OC)(OC)O[Si](OC)(OC)O1. The van der Waals surface area contributed by atoms with Gasteiger partial charge in [-0.2, -0.15) is 0 Å². The Hall–Kier alpha value is 1.85. The van der Waals surface area contributed by atoms with Crippen LogP contribution in [0.5, 0.6) is 0 Å². The van der Waals surface area contributed by atoms with Gasteiger partial charge in [-0.1, -0.05) is 13.5 Å². The molecule has 2 saturated heterocycles. The van der Waals surface area contributed by atoms with Crippen molar-refractivity contribution in [1.29, 1.82) is 0 Å². The average molecular weight is 1630 g/mol. The average Bonchev–Trinajstić information content (AvgIpc) is 0.762. The van der Waals surface area contributed by atoms with Crippen molar-refractivity contribution in [1.82, 2.24) is 0 Å². The predicted octanol–water partition coefficient (Wildman–Crippen LogP) is 3.75. The topological polar surface area (TPSA) is 327 Å². The summed E-state index contributed by atoms with van der Waals surface area (Å²) in [6.07, 6.45) is -0.0196. The highest BCUT2D eigenvalue weighted by Gasteiger charge is 2.72. The lowest BCUT2D eigenvalue weighted by Gasteiger charge is -2.46. The first kappa shape index (κ1) is 98.0. The molecule has 2 rings (SSSR count). The summed E-state index contributed by atoms with van der Waals surface area (Å²) < 4.78 is 173. The molecule has 2 aliphatic rings. The van der Waals surface area contributed by atoms with Gasteiger partial charge < -0.3 is 143 Å². The van der Waals surface area contributed by atoms with E-state index in [4.69, 9.17) is 115 Å². The lowest BCUT2D eigenvalue weighted by molar-refractivity contribution is -0.0561. The highest BCUT2D eigenvalue weighted by Crippen LogP contribution is 2.38. The Morgan fingerprint density at radius 2 is 0.707 bits per heavy atom. The van der Waals surface area contributed by atoms with Crippen LogP contribution in [0.25, 0.3) is 0 Å². The minimum Gasteiger partial charge on any atom is -0.398 e. The second-order valence-corrected chi connectivity index (χ2v) is 68.5. The van der Waals surface area contributed by atoms with Crippen LogP contribution in [-0.4, -0.2) is 288 Å². The summed E-state index contributed by atoms with van der Waals surface area (Å²) in [4.78, 5) is 18.8. The van der Waals surface area contributed by atoms with Gasteiger partial charge in [-0.05, 0) is 130 Å². The molecule has 2 heterocycles. The molecule has 0 bridgehead atoms. The number of rotatable bonds is 40. The van der Waals surface area contributed by atoms with Crippen LogP contribution in [0.4, 0.5) is 0 Å². The lowest BCUT2D eigenvalue weighted by Crippen LogP contribution is -2.74. The maximum absolute atomic E-state index is 9.41. The second kappa shape index (κ2) is 45.7. The molecule has 0 saturated carbocycles. The minimum atomic E-state index is -3.81. The van der Waals surface area contributed by atoms with Gasteiger partial charge in [0.25, 0.3) is 0 Å². The van der Waals surface area contributed by atoms with Gasteiger partial charge in [0.1, 0.15) is 0 Å². The van der Waals surface area contributed by atoms with Gasteiger partial charge in [0.2, 0.25) is 0 Å². The lowest BCUT2D eigenvalue weighted by atomic mass is 10.5. The monoisotopic (exact) mass is 1630 g/mol. The van der Waals surface area contributed by atoms with Crippen molar-refractivity contribution in [3.8, 4) is 0 Å². The van der Waals surface area contributed by atoms with Gasteiger partial charge in [0, 0.05) is 132 Å².